The van der Waals surface area contributed by atoms with E-state index in [1.807, 2.05) is 12.1 Å². The summed E-state index contributed by atoms with van der Waals surface area (Å²) in [5, 5.41) is 3.69. The van der Waals surface area contributed by atoms with Crippen LogP contribution in [0.15, 0.2) is 24.3 Å². The SMILES string of the molecule is COc1ccccc1CN[C@H](C)C1CCCCCC1. The molecule has 1 fully saturated rings. The van der Waals surface area contributed by atoms with Gasteiger partial charge in [-0.3, -0.25) is 0 Å². The maximum atomic E-state index is 5.40. The smallest absolute Gasteiger partial charge is 0.123 e. The minimum Gasteiger partial charge on any atom is -0.496 e. The van der Waals surface area contributed by atoms with Crippen molar-refractivity contribution >= 4 is 0 Å². The Balaban J connectivity index is 1.86. The number of rotatable bonds is 5. The van der Waals surface area contributed by atoms with Gasteiger partial charge in [0.05, 0.1) is 7.11 Å². The zero-order chi connectivity index (χ0) is 13.5. The van der Waals surface area contributed by atoms with Gasteiger partial charge >= 0.3 is 0 Å². The first-order chi connectivity index (χ1) is 9.31. The summed E-state index contributed by atoms with van der Waals surface area (Å²) in [7, 11) is 1.74. The van der Waals surface area contributed by atoms with Crippen LogP contribution in [-0.2, 0) is 6.54 Å². The number of nitrogens with one attached hydrogen (secondary N) is 1. The molecule has 0 bridgehead atoms. The van der Waals surface area contributed by atoms with Gasteiger partial charge in [0.15, 0.2) is 0 Å². The van der Waals surface area contributed by atoms with Crippen molar-refractivity contribution < 1.29 is 4.74 Å². The van der Waals surface area contributed by atoms with Crippen LogP contribution in [0.25, 0.3) is 0 Å². The van der Waals surface area contributed by atoms with Gasteiger partial charge in [-0.05, 0) is 31.7 Å². The molecule has 0 aliphatic heterocycles. The highest BCUT2D eigenvalue weighted by molar-refractivity contribution is 5.33. The van der Waals surface area contributed by atoms with Crippen LogP contribution in [0.2, 0.25) is 0 Å². The van der Waals surface area contributed by atoms with E-state index in [-0.39, 0.29) is 0 Å². The minimum absolute atomic E-state index is 0.600. The van der Waals surface area contributed by atoms with E-state index in [9.17, 15) is 0 Å². The zero-order valence-corrected chi connectivity index (χ0v) is 12.3. The fraction of sp³-hybridized carbons (Fsp3) is 0.647. The predicted molar refractivity (Wildman–Crippen MR) is 80.5 cm³/mol. The van der Waals surface area contributed by atoms with Crippen LogP contribution < -0.4 is 10.1 Å². The van der Waals surface area contributed by atoms with Crippen molar-refractivity contribution in [3.05, 3.63) is 29.8 Å². The maximum Gasteiger partial charge on any atom is 0.123 e. The Kier molecular flexibility index (Phi) is 5.71. The van der Waals surface area contributed by atoms with Crippen LogP contribution in [0.1, 0.15) is 51.0 Å². The van der Waals surface area contributed by atoms with Crippen molar-refractivity contribution in [3.8, 4) is 5.75 Å². The fourth-order valence-electron chi connectivity index (χ4n) is 3.10. The summed E-state index contributed by atoms with van der Waals surface area (Å²) in [5.41, 5.74) is 1.26. The molecule has 0 amide bonds. The number of hydrogen-bond acceptors (Lipinski definition) is 2. The molecule has 1 aromatic carbocycles. The Morgan fingerprint density at radius 2 is 1.84 bits per heavy atom. The van der Waals surface area contributed by atoms with Gasteiger partial charge in [-0.1, -0.05) is 43.9 Å². The monoisotopic (exact) mass is 261 g/mol. The molecular weight excluding hydrogens is 234 g/mol. The van der Waals surface area contributed by atoms with Gasteiger partial charge in [0.1, 0.15) is 5.75 Å². The van der Waals surface area contributed by atoms with E-state index in [2.05, 4.69) is 24.4 Å². The molecule has 2 rings (SSSR count). The summed E-state index contributed by atoms with van der Waals surface area (Å²) in [4.78, 5) is 0. The third kappa shape index (κ3) is 4.24. The maximum absolute atomic E-state index is 5.40. The Hall–Kier alpha value is -1.02. The molecule has 106 valence electrons. The molecule has 1 atom stereocenters. The van der Waals surface area contributed by atoms with Crippen molar-refractivity contribution in [1.29, 1.82) is 0 Å². The molecule has 1 aliphatic rings. The third-order valence-electron chi connectivity index (χ3n) is 4.41. The lowest BCUT2D eigenvalue weighted by atomic mass is 9.93. The molecular formula is C17H27NO. The molecule has 2 heteroatoms. The first-order valence-electron chi connectivity index (χ1n) is 7.66. The van der Waals surface area contributed by atoms with Crippen molar-refractivity contribution in [1.82, 2.24) is 5.32 Å². The van der Waals surface area contributed by atoms with Gasteiger partial charge in [0, 0.05) is 18.2 Å². The van der Waals surface area contributed by atoms with E-state index in [1.165, 1.54) is 44.1 Å². The van der Waals surface area contributed by atoms with Gasteiger partial charge in [-0.2, -0.15) is 0 Å². The first kappa shape index (κ1) is 14.4. The molecule has 1 N–H and O–H groups in total. The molecule has 0 unspecified atom stereocenters. The van der Waals surface area contributed by atoms with Crippen molar-refractivity contribution in [2.75, 3.05) is 7.11 Å². The zero-order valence-electron chi connectivity index (χ0n) is 12.3. The number of para-hydroxylation sites is 1. The molecule has 0 aromatic heterocycles. The molecule has 0 radical (unpaired) electrons. The van der Waals surface area contributed by atoms with Gasteiger partial charge < -0.3 is 10.1 Å². The van der Waals surface area contributed by atoms with Crippen LogP contribution in [0, 0.1) is 5.92 Å². The summed E-state index contributed by atoms with van der Waals surface area (Å²) in [6, 6.07) is 8.88. The second kappa shape index (κ2) is 7.54. The largest absolute Gasteiger partial charge is 0.496 e. The first-order valence-corrected chi connectivity index (χ1v) is 7.66. The fourth-order valence-corrected chi connectivity index (χ4v) is 3.10. The Morgan fingerprint density at radius 1 is 1.16 bits per heavy atom. The highest BCUT2D eigenvalue weighted by atomic mass is 16.5. The topological polar surface area (TPSA) is 21.3 Å². The molecule has 19 heavy (non-hydrogen) atoms. The highest BCUT2D eigenvalue weighted by Gasteiger charge is 2.18. The van der Waals surface area contributed by atoms with Crippen LogP contribution in [-0.4, -0.2) is 13.2 Å². The van der Waals surface area contributed by atoms with E-state index >= 15 is 0 Å². The van der Waals surface area contributed by atoms with E-state index in [4.69, 9.17) is 4.74 Å². The van der Waals surface area contributed by atoms with Crippen LogP contribution >= 0.6 is 0 Å². The normalized spacial score (nSPS) is 18.8. The summed E-state index contributed by atoms with van der Waals surface area (Å²) in [6.07, 6.45) is 8.45. The van der Waals surface area contributed by atoms with E-state index < -0.39 is 0 Å². The second-order valence-corrected chi connectivity index (χ2v) is 5.73. The third-order valence-corrected chi connectivity index (χ3v) is 4.41. The lowest BCUT2D eigenvalue weighted by Gasteiger charge is -2.24. The number of benzene rings is 1. The Bertz CT molecular complexity index is 369. The number of hydrogen-bond donors (Lipinski definition) is 1. The molecule has 1 aliphatic carbocycles. The molecule has 1 saturated carbocycles. The Labute approximate surface area is 117 Å². The van der Waals surface area contributed by atoms with Crippen LogP contribution in [0.4, 0.5) is 0 Å². The quantitative estimate of drug-likeness (QED) is 0.804. The number of ether oxygens (including phenoxy) is 1. The van der Waals surface area contributed by atoms with Crippen molar-refractivity contribution in [2.24, 2.45) is 5.92 Å². The van der Waals surface area contributed by atoms with Crippen LogP contribution in [0.5, 0.6) is 5.75 Å². The van der Waals surface area contributed by atoms with E-state index in [1.54, 1.807) is 7.11 Å². The lowest BCUT2D eigenvalue weighted by Crippen LogP contribution is -2.33. The summed E-state index contributed by atoms with van der Waals surface area (Å²) < 4.78 is 5.40. The summed E-state index contributed by atoms with van der Waals surface area (Å²) in [6.45, 7) is 3.24. The molecule has 2 nitrogen and oxygen atoms in total. The molecule has 1 aromatic rings. The van der Waals surface area contributed by atoms with Gasteiger partial charge in [0.25, 0.3) is 0 Å². The van der Waals surface area contributed by atoms with E-state index in [0.29, 0.717) is 6.04 Å². The van der Waals surface area contributed by atoms with E-state index in [0.717, 1.165) is 18.2 Å². The summed E-state index contributed by atoms with van der Waals surface area (Å²) >= 11 is 0. The van der Waals surface area contributed by atoms with Crippen molar-refractivity contribution in [2.45, 2.75) is 58.0 Å². The van der Waals surface area contributed by atoms with Gasteiger partial charge in [0.2, 0.25) is 0 Å². The van der Waals surface area contributed by atoms with Gasteiger partial charge in [-0.25, -0.2) is 0 Å². The number of methoxy groups -OCH3 is 1. The van der Waals surface area contributed by atoms with Gasteiger partial charge in [-0.15, -0.1) is 0 Å². The summed E-state index contributed by atoms with van der Waals surface area (Å²) in [5.74, 6) is 1.83. The average molecular weight is 261 g/mol. The second-order valence-electron chi connectivity index (χ2n) is 5.73. The highest BCUT2D eigenvalue weighted by Crippen LogP contribution is 2.26. The standard InChI is InChI=1S/C17H27NO/c1-14(15-9-5-3-4-6-10-15)18-13-16-11-7-8-12-17(16)19-2/h7-8,11-12,14-15,18H,3-6,9-10,13H2,1-2H3/t14-/m1/s1. The van der Waals surface area contributed by atoms with Crippen LogP contribution in [0.3, 0.4) is 0 Å². The lowest BCUT2D eigenvalue weighted by molar-refractivity contribution is 0.333. The average Bonchev–Trinajstić information content (AvgIpc) is 2.74. The van der Waals surface area contributed by atoms with Crippen molar-refractivity contribution in [3.63, 3.8) is 0 Å². The predicted octanol–water partition coefficient (Wildman–Crippen LogP) is 4.14. The molecule has 0 saturated heterocycles. The minimum atomic E-state index is 0.600. The molecule has 0 spiro atoms. The molecule has 0 heterocycles. The Morgan fingerprint density at radius 3 is 2.53 bits per heavy atom.